The Labute approximate surface area is 193 Å². The van der Waals surface area contributed by atoms with Crippen molar-refractivity contribution < 1.29 is 4.79 Å². The van der Waals surface area contributed by atoms with E-state index >= 15 is 0 Å². The van der Waals surface area contributed by atoms with Gasteiger partial charge in [0.15, 0.2) is 0 Å². The smallest absolute Gasteiger partial charge is 0.251 e. The molecule has 1 N–H and O–H groups in total. The maximum atomic E-state index is 12.4. The molecule has 1 aromatic heterocycles. The Bertz CT molecular complexity index is 1220. The largest absolute Gasteiger partial charge is 0.352 e. The van der Waals surface area contributed by atoms with Gasteiger partial charge in [-0.05, 0) is 48.0 Å². The summed E-state index contributed by atoms with van der Waals surface area (Å²) >= 11 is 15.6. The van der Waals surface area contributed by atoms with Gasteiger partial charge >= 0.3 is 0 Å². The van der Waals surface area contributed by atoms with E-state index in [1.54, 1.807) is 18.2 Å². The molecule has 0 saturated heterocycles. The van der Waals surface area contributed by atoms with E-state index in [9.17, 15) is 4.79 Å². The number of hydrogen-bond donors (Lipinski definition) is 1. The van der Waals surface area contributed by atoms with E-state index in [-0.39, 0.29) is 5.91 Å². The molecule has 30 heavy (non-hydrogen) atoms. The summed E-state index contributed by atoms with van der Waals surface area (Å²) in [7, 11) is 0. The molecule has 0 radical (unpaired) electrons. The van der Waals surface area contributed by atoms with E-state index < -0.39 is 0 Å². The molecular weight excluding hydrogens is 485 g/mol. The van der Waals surface area contributed by atoms with Crippen molar-refractivity contribution in [1.29, 1.82) is 0 Å². The highest BCUT2D eigenvalue weighted by atomic mass is 79.9. The van der Waals surface area contributed by atoms with Crippen molar-refractivity contribution in [3.8, 4) is 0 Å². The fourth-order valence-electron chi connectivity index (χ4n) is 3.33. The van der Waals surface area contributed by atoms with Gasteiger partial charge in [-0.25, -0.2) is 4.98 Å². The first-order valence-electron chi connectivity index (χ1n) is 9.43. The monoisotopic (exact) mass is 501 g/mol. The van der Waals surface area contributed by atoms with Gasteiger partial charge in [0.1, 0.15) is 5.82 Å². The molecule has 1 heterocycles. The van der Waals surface area contributed by atoms with Crippen molar-refractivity contribution >= 4 is 56.1 Å². The van der Waals surface area contributed by atoms with Crippen LogP contribution in [0.1, 0.15) is 21.7 Å². The molecule has 4 aromatic rings. The lowest BCUT2D eigenvalue weighted by atomic mass is 10.2. The summed E-state index contributed by atoms with van der Waals surface area (Å²) in [6.45, 7) is 1.10. The number of imidazole rings is 1. The molecule has 0 bridgehead atoms. The van der Waals surface area contributed by atoms with E-state index in [4.69, 9.17) is 28.2 Å². The van der Waals surface area contributed by atoms with Crippen molar-refractivity contribution in [1.82, 2.24) is 14.9 Å². The highest BCUT2D eigenvalue weighted by Crippen LogP contribution is 2.25. The molecule has 4 rings (SSSR count). The molecular formula is C23H18BrCl2N3O. The molecule has 0 aliphatic rings. The zero-order chi connectivity index (χ0) is 21.1. The summed E-state index contributed by atoms with van der Waals surface area (Å²) in [6, 6.07) is 21.0. The van der Waals surface area contributed by atoms with Crippen molar-refractivity contribution in [2.24, 2.45) is 0 Å². The number of amides is 1. The molecule has 3 aromatic carbocycles. The third-order valence-electron chi connectivity index (χ3n) is 4.78. The summed E-state index contributed by atoms with van der Waals surface area (Å²) < 4.78 is 3.03. The fraction of sp³-hybridized carbons (Fsp3) is 0.130. The lowest BCUT2D eigenvalue weighted by Gasteiger charge is -2.11. The number of para-hydroxylation sites is 2. The number of halogens is 3. The first-order valence-corrected chi connectivity index (χ1v) is 11.0. The Kier molecular flexibility index (Phi) is 6.42. The molecule has 0 fully saturated rings. The third kappa shape index (κ3) is 4.69. The topological polar surface area (TPSA) is 46.9 Å². The van der Waals surface area contributed by atoms with Gasteiger partial charge in [0.2, 0.25) is 0 Å². The Morgan fingerprint density at radius 3 is 2.63 bits per heavy atom. The molecule has 0 atom stereocenters. The molecule has 7 heteroatoms. The Balaban J connectivity index is 1.54. The van der Waals surface area contributed by atoms with Crippen molar-refractivity contribution in [2.45, 2.75) is 13.0 Å². The fourth-order valence-corrected chi connectivity index (χ4v) is 4.05. The molecule has 0 spiro atoms. The number of nitrogens with zero attached hydrogens (tertiary/aromatic N) is 2. The highest BCUT2D eigenvalue weighted by molar-refractivity contribution is 9.10. The van der Waals surface area contributed by atoms with Gasteiger partial charge in [-0.3, -0.25) is 4.79 Å². The van der Waals surface area contributed by atoms with Crippen LogP contribution in [0.5, 0.6) is 0 Å². The molecule has 1 amide bonds. The molecule has 4 nitrogen and oxygen atoms in total. The number of benzene rings is 3. The van der Waals surface area contributed by atoms with Gasteiger partial charge in [-0.15, -0.1) is 0 Å². The minimum absolute atomic E-state index is 0.108. The minimum Gasteiger partial charge on any atom is -0.352 e. The van der Waals surface area contributed by atoms with E-state index in [1.165, 1.54) is 0 Å². The van der Waals surface area contributed by atoms with Crippen LogP contribution in [0.2, 0.25) is 10.0 Å². The molecule has 0 unspecified atom stereocenters. The molecule has 152 valence electrons. The second kappa shape index (κ2) is 9.21. The lowest BCUT2D eigenvalue weighted by molar-refractivity contribution is 0.0954. The van der Waals surface area contributed by atoms with Crippen molar-refractivity contribution in [2.75, 3.05) is 6.54 Å². The first-order chi connectivity index (χ1) is 14.5. The van der Waals surface area contributed by atoms with Crippen LogP contribution in [0.3, 0.4) is 0 Å². The molecule has 0 aliphatic carbocycles. The Morgan fingerprint density at radius 2 is 1.83 bits per heavy atom. The number of aromatic nitrogens is 2. The SMILES string of the molecule is O=C(NCCc1nc2ccccc2n1Cc1ccc(Cl)c(Cl)c1)c1cccc(Br)c1. The van der Waals surface area contributed by atoms with E-state index in [0.29, 0.717) is 35.1 Å². The highest BCUT2D eigenvalue weighted by Gasteiger charge is 2.13. The molecule has 0 aliphatic heterocycles. The summed E-state index contributed by atoms with van der Waals surface area (Å²) in [5, 5.41) is 4.04. The summed E-state index contributed by atoms with van der Waals surface area (Å²) in [4.78, 5) is 17.2. The number of fused-ring (bicyclic) bond motifs is 1. The van der Waals surface area contributed by atoms with Gasteiger partial charge in [-0.2, -0.15) is 0 Å². The van der Waals surface area contributed by atoms with Gasteiger partial charge < -0.3 is 9.88 Å². The number of carbonyl (C=O) groups is 1. The number of carbonyl (C=O) groups excluding carboxylic acids is 1. The normalized spacial score (nSPS) is 11.0. The lowest BCUT2D eigenvalue weighted by Crippen LogP contribution is -2.26. The average molecular weight is 503 g/mol. The average Bonchev–Trinajstić information content (AvgIpc) is 3.08. The number of rotatable bonds is 6. The van der Waals surface area contributed by atoms with Crippen LogP contribution < -0.4 is 5.32 Å². The van der Waals surface area contributed by atoms with Crippen LogP contribution in [0.4, 0.5) is 0 Å². The summed E-state index contributed by atoms with van der Waals surface area (Å²) in [5.74, 6) is 0.792. The van der Waals surface area contributed by atoms with Crippen molar-refractivity contribution in [3.05, 3.63) is 98.2 Å². The predicted octanol–water partition coefficient (Wildman–Crippen LogP) is 6.13. The van der Waals surface area contributed by atoms with E-state index in [1.807, 2.05) is 48.5 Å². The Morgan fingerprint density at radius 1 is 1.00 bits per heavy atom. The standard InChI is InChI=1S/C23H18BrCl2N3O/c24-17-5-3-4-16(13-17)23(30)27-11-10-22-28-20-6-1-2-7-21(20)29(22)14-15-8-9-18(25)19(26)12-15/h1-9,12-13H,10-11,14H2,(H,27,30). The number of hydrogen-bond acceptors (Lipinski definition) is 2. The maximum absolute atomic E-state index is 12.4. The zero-order valence-corrected chi connectivity index (χ0v) is 19.0. The van der Waals surface area contributed by atoms with Crippen LogP contribution in [-0.2, 0) is 13.0 Å². The number of nitrogens with one attached hydrogen (secondary N) is 1. The van der Waals surface area contributed by atoms with E-state index in [0.717, 1.165) is 26.9 Å². The van der Waals surface area contributed by atoms with Gasteiger partial charge in [0, 0.05) is 29.5 Å². The second-order valence-corrected chi connectivity index (χ2v) is 8.60. The van der Waals surface area contributed by atoms with Gasteiger partial charge in [0.05, 0.1) is 21.1 Å². The van der Waals surface area contributed by atoms with Crippen LogP contribution in [-0.4, -0.2) is 22.0 Å². The van der Waals surface area contributed by atoms with Crippen LogP contribution in [0.15, 0.2) is 71.2 Å². The first kappa shape index (κ1) is 20.9. The van der Waals surface area contributed by atoms with Crippen LogP contribution in [0, 0.1) is 0 Å². The predicted molar refractivity (Wildman–Crippen MR) is 125 cm³/mol. The molecule has 0 saturated carbocycles. The van der Waals surface area contributed by atoms with Crippen LogP contribution in [0.25, 0.3) is 11.0 Å². The third-order valence-corrected chi connectivity index (χ3v) is 6.01. The quantitative estimate of drug-likeness (QED) is 0.345. The maximum Gasteiger partial charge on any atom is 0.251 e. The zero-order valence-electron chi connectivity index (χ0n) is 15.9. The second-order valence-electron chi connectivity index (χ2n) is 6.87. The van der Waals surface area contributed by atoms with Crippen molar-refractivity contribution in [3.63, 3.8) is 0 Å². The van der Waals surface area contributed by atoms with E-state index in [2.05, 4.69) is 25.8 Å². The Hall–Kier alpha value is -2.34. The summed E-state index contributed by atoms with van der Waals surface area (Å²) in [5.41, 5.74) is 3.61. The van der Waals surface area contributed by atoms with Gasteiger partial charge in [-0.1, -0.05) is 63.4 Å². The van der Waals surface area contributed by atoms with Gasteiger partial charge in [0.25, 0.3) is 5.91 Å². The van der Waals surface area contributed by atoms with Crippen LogP contribution >= 0.6 is 39.1 Å². The summed E-state index contributed by atoms with van der Waals surface area (Å²) in [6.07, 6.45) is 0.607. The minimum atomic E-state index is -0.108.